The second-order valence-corrected chi connectivity index (χ2v) is 6.04. The van der Waals surface area contributed by atoms with E-state index in [1.807, 2.05) is 31.2 Å². The molecular formula is C17H23N3O3. The molecule has 2 atom stereocenters. The molecule has 124 valence electrons. The lowest BCUT2D eigenvalue weighted by Crippen LogP contribution is -2.44. The Hall–Kier alpha value is -2.37. The van der Waals surface area contributed by atoms with E-state index in [-0.39, 0.29) is 29.7 Å². The highest BCUT2D eigenvalue weighted by atomic mass is 16.2. The van der Waals surface area contributed by atoms with Crippen molar-refractivity contribution < 1.29 is 14.4 Å². The Labute approximate surface area is 136 Å². The summed E-state index contributed by atoms with van der Waals surface area (Å²) in [4.78, 5) is 34.6. The molecule has 0 saturated heterocycles. The first kappa shape index (κ1) is 17.0. The molecule has 1 aliphatic carbocycles. The summed E-state index contributed by atoms with van der Waals surface area (Å²) in [6.07, 6.45) is 1.94. The van der Waals surface area contributed by atoms with Gasteiger partial charge < -0.3 is 16.0 Å². The van der Waals surface area contributed by atoms with Crippen LogP contribution in [0.1, 0.15) is 45.2 Å². The molecule has 3 N–H and O–H groups in total. The van der Waals surface area contributed by atoms with Crippen LogP contribution in [0.15, 0.2) is 24.3 Å². The molecule has 2 rings (SSSR count). The van der Waals surface area contributed by atoms with Crippen molar-refractivity contribution in [2.24, 2.45) is 5.92 Å². The Morgan fingerprint density at radius 2 is 1.65 bits per heavy atom. The van der Waals surface area contributed by atoms with Gasteiger partial charge in [0.05, 0.1) is 6.04 Å². The fourth-order valence-corrected chi connectivity index (χ4v) is 2.24. The van der Waals surface area contributed by atoms with Crippen LogP contribution in [0, 0.1) is 5.92 Å². The van der Waals surface area contributed by atoms with Gasteiger partial charge in [-0.2, -0.15) is 0 Å². The van der Waals surface area contributed by atoms with Gasteiger partial charge in [-0.15, -0.1) is 0 Å². The third kappa shape index (κ3) is 5.09. The Kier molecular flexibility index (Phi) is 5.36. The lowest BCUT2D eigenvalue weighted by Gasteiger charge is -2.18. The van der Waals surface area contributed by atoms with E-state index >= 15 is 0 Å². The molecule has 3 amide bonds. The zero-order valence-electron chi connectivity index (χ0n) is 13.7. The van der Waals surface area contributed by atoms with E-state index in [0.29, 0.717) is 0 Å². The fourth-order valence-electron chi connectivity index (χ4n) is 2.24. The third-order valence-corrected chi connectivity index (χ3v) is 3.80. The average Bonchev–Trinajstić information content (AvgIpc) is 3.31. The summed E-state index contributed by atoms with van der Waals surface area (Å²) in [6.45, 7) is 4.89. The second kappa shape index (κ2) is 7.26. The first-order valence-corrected chi connectivity index (χ1v) is 7.85. The van der Waals surface area contributed by atoms with Crippen molar-refractivity contribution in [3.8, 4) is 0 Å². The fraction of sp³-hybridized carbons (Fsp3) is 0.471. The van der Waals surface area contributed by atoms with Crippen LogP contribution in [-0.2, 0) is 14.4 Å². The van der Waals surface area contributed by atoms with Gasteiger partial charge in [0.25, 0.3) is 0 Å². The van der Waals surface area contributed by atoms with Crippen molar-refractivity contribution in [3.05, 3.63) is 29.8 Å². The van der Waals surface area contributed by atoms with Crippen molar-refractivity contribution in [1.29, 1.82) is 0 Å². The SMILES string of the molecule is CC(=O)N[C@@H](C)C(=O)N[C@H](C)c1ccc(NC(=O)C2CC2)cc1. The van der Waals surface area contributed by atoms with E-state index in [1.54, 1.807) is 6.92 Å². The van der Waals surface area contributed by atoms with Crippen LogP contribution in [0.2, 0.25) is 0 Å². The van der Waals surface area contributed by atoms with Gasteiger partial charge >= 0.3 is 0 Å². The molecule has 1 aromatic rings. The number of amides is 3. The minimum Gasteiger partial charge on any atom is -0.348 e. The van der Waals surface area contributed by atoms with Crippen molar-refractivity contribution in [3.63, 3.8) is 0 Å². The van der Waals surface area contributed by atoms with E-state index in [9.17, 15) is 14.4 Å². The third-order valence-electron chi connectivity index (χ3n) is 3.80. The second-order valence-electron chi connectivity index (χ2n) is 6.04. The smallest absolute Gasteiger partial charge is 0.242 e. The quantitative estimate of drug-likeness (QED) is 0.747. The van der Waals surface area contributed by atoms with E-state index in [1.165, 1.54) is 6.92 Å². The number of hydrogen-bond acceptors (Lipinski definition) is 3. The summed E-state index contributed by atoms with van der Waals surface area (Å²) >= 11 is 0. The number of hydrogen-bond donors (Lipinski definition) is 3. The summed E-state index contributed by atoms with van der Waals surface area (Å²) in [7, 11) is 0. The zero-order chi connectivity index (χ0) is 17.0. The van der Waals surface area contributed by atoms with E-state index in [2.05, 4.69) is 16.0 Å². The molecule has 1 fully saturated rings. The molecule has 0 aliphatic heterocycles. The van der Waals surface area contributed by atoms with Crippen LogP contribution in [0.4, 0.5) is 5.69 Å². The summed E-state index contributed by atoms with van der Waals surface area (Å²) in [5.41, 5.74) is 1.69. The van der Waals surface area contributed by atoms with Crippen molar-refractivity contribution in [1.82, 2.24) is 10.6 Å². The highest BCUT2D eigenvalue weighted by Gasteiger charge is 2.29. The largest absolute Gasteiger partial charge is 0.348 e. The predicted molar refractivity (Wildman–Crippen MR) is 87.6 cm³/mol. The summed E-state index contributed by atoms with van der Waals surface area (Å²) in [6, 6.07) is 6.64. The molecule has 0 radical (unpaired) electrons. The number of nitrogens with one attached hydrogen (secondary N) is 3. The number of carbonyl (C=O) groups excluding carboxylic acids is 3. The molecular weight excluding hydrogens is 294 g/mol. The highest BCUT2D eigenvalue weighted by Crippen LogP contribution is 2.30. The Morgan fingerprint density at radius 3 is 2.17 bits per heavy atom. The monoisotopic (exact) mass is 317 g/mol. The molecule has 0 unspecified atom stereocenters. The maximum absolute atomic E-state index is 12.0. The lowest BCUT2D eigenvalue weighted by atomic mass is 10.1. The van der Waals surface area contributed by atoms with Crippen LogP contribution in [0.3, 0.4) is 0 Å². The Balaban J connectivity index is 1.88. The Bertz CT molecular complexity index is 594. The van der Waals surface area contributed by atoms with E-state index in [0.717, 1.165) is 24.1 Å². The van der Waals surface area contributed by atoms with Gasteiger partial charge in [-0.05, 0) is 44.4 Å². The molecule has 0 heterocycles. The minimum atomic E-state index is -0.577. The predicted octanol–water partition coefficient (Wildman–Crippen LogP) is 1.74. The first-order valence-electron chi connectivity index (χ1n) is 7.85. The van der Waals surface area contributed by atoms with Crippen molar-refractivity contribution in [2.75, 3.05) is 5.32 Å². The van der Waals surface area contributed by atoms with Crippen LogP contribution in [-0.4, -0.2) is 23.8 Å². The Morgan fingerprint density at radius 1 is 1.04 bits per heavy atom. The van der Waals surface area contributed by atoms with Crippen LogP contribution in [0.25, 0.3) is 0 Å². The molecule has 23 heavy (non-hydrogen) atoms. The number of benzene rings is 1. The van der Waals surface area contributed by atoms with Gasteiger partial charge in [-0.3, -0.25) is 14.4 Å². The molecule has 1 aromatic carbocycles. The van der Waals surface area contributed by atoms with Gasteiger partial charge in [-0.25, -0.2) is 0 Å². The zero-order valence-corrected chi connectivity index (χ0v) is 13.7. The van der Waals surface area contributed by atoms with Crippen molar-refractivity contribution in [2.45, 2.75) is 45.7 Å². The molecule has 6 nitrogen and oxygen atoms in total. The maximum Gasteiger partial charge on any atom is 0.242 e. The highest BCUT2D eigenvalue weighted by molar-refractivity contribution is 5.94. The van der Waals surface area contributed by atoms with Gasteiger partial charge in [0.2, 0.25) is 17.7 Å². The molecule has 6 heteroatoms. The standard InChI is InChI=1S/C17H23N3O3/c1-10(19-16(22)11(2)18-12(3)21)13-6-8-15(9-7-13)20-17(23)14-4-5-14/h6-11,14H,4-5H2,1-3H3,(H,18,21)(H,19,22)(H,20,23)/t10-,11+/m1/s1. The average molecular weight is 317 g/mol. The van der Waals surface area contributed by atoms with Gasteiger partial charge in [0, 0.05) is 18.5 Å². The lowest BCUT2D eigenvalue weighted by molar-refractivity contribution is -0.128. The van der Waals surface area contributed by atoms with E-state index in [4.69, 9.17) is 0 Å². The maximum atomic E-state index is 12.0. The van der Waals surface area contributed by atoms with Crippen molar-refractivity contribution >= 4 is 23.4 Å². The van der Waals surface area contributed by atoms with E-state index < -0.39 is 6.04 Å². The normalized spacial score (nSPS) is 16.1. The first-order chi connectivity index (χ1) is 10.9. The summed E-state index contributed by atoms with van der Waals surface area (Å²) in [5, 5.41) is 8.27. The summed E-state index contributed by atoms with van der Waals surface area (Å²) < 4.78 is 0. The van der Waals surface area contributed by atoms with Crippen LogP contribution < -0.4 is 16.0 Å². The summed E-state index contributed by atoms with van der Waals surface area (Å²) in [5.74, 6) is -0.235. The van der Waals surface area contributed by atoms with Gasteiger partial charge in [-0.1, -0.05) is 12.1 Å². The molecule has 1 saturated carbocycles. The van der Waals surface area contributed by atoms with Gasteiger partial charge in [0.15, 0.2) is 0 Å². The topological polar surface area (TPSA) is 87.3 Å². The van der Waals surface area contributed by atoms with Crippen LogP contribution >= 0.6 is 0 Å². The molecule has 0 bridgehead atoms. The van der Waals surface area contributed by atoms with Crippen LogP contribution in [0.5, 0.6) is 0 Å². The number of rotatable bonds is 6. The number of carbonyl (C=O) groups is 3. The molecule has 0 spiro atoms. The number of anilines is 1. The van der Waals surface area contributed by atoms with Gasteiger partial charge in [0.1, 0.15) is 6.04 Å². The molecule has 0 aromatic heterocycles. The molecule has 1 aliphatic rings. The minimum absolute atomic E-state index is 0.0724.